The van der Waals surface area contributed by atoms with Gasteiger partial charge in [0.1, 0.15) is 5.75 Å². The summed E-state index contributed by atoms with van der Waals surface area (Å²) in [6.45, 7) is 2.77. The monoisotopic (exact) mass is 273 g/mol. The third kappa shape index (κ3) is 3.19. The Morgan fingerprint density at radius 1 is 1.33 bits per heavy atom. The number of hydrogen-bond donors (Lipinski definition) is 1. The van der Waals surface area contributed by atoms with Gasteiger partial charge in [0.15, 0.2) is 0 Å². The molecule has 4 heteroatoms. The van der Waals surface area contributed by atoms with Gasteiger partial charge in [-0.3, -0.25) is 0 Å². The molecule has 1 aromatic carbocycles. The summed E-state index contributed by atoms with van der Waals surface area (Å²) in [6, 6.07) is 4.10. The van der Waals surface area contributed by atoms with Crippen molar-refractivity contribution in [3.8, 4) is 5.75 Å². The fourth-order valence-electron chi connectivity index (χ4n) is 1.45. The van der Waals surface area contributed by atoms with Crippen molar-refractivity contribution in [1.29, 1.82) is 0 Å². The molecular formula is C11H16BrNO2. The molecule has 1 rings (SSSR count). The summed E-state index contributed by atoms with van der Waals surface area (Å²) in [4.78, 5) is 4.81. The van der Waals surface area contributed by atoms with Crippen molar-refractivity contribution >= 4 is 15.9 Å². The van der Waals surface area contributed by atoms with E-state index in [0.29, 0.717) is 6.54 Å². The molecule has 0 aromatic heterocycles. The lowest BCUT2D eigenvalue weighted by Crippen LogP contribution is -2.11. The second kappa shape index (κ2) is 6.10. The van der Waals surface area contributed by atoms with Gasteiger partial charge in [0.05, 0.1) is 14.2 Å². The molecule has 0 bridgehead atoms. The Hall–Kier alpha value is -0.580. The normalized spacial score (nSPS) is 10.4. The lowest BCUT2D eigenvalue weighted by atomic mass is 10.1. The van der Waals surface area contributed by atoms with E-state index in [1.165, 1.54) is 5.56 Å². The summed E-state index contributed by atoms with van der Waals surface area (Å²) in [5, 5.41) is 0. The Labute approximate surface area is 98.9 Å². The van der Waals surface area contributed by atoms with E-state index in [1.54, 1.807) is 14.2 Å². The van der Waals surface area contributed by atoms with Crippen molar-refractivity contribution in [3.63, 3.8) is 0 Å². The summed E-state index contributed by atoms with van der Waals surface area (Å²) in [6.07, 6.45) is 0.946. The Balaban J connectivity index is 2.97. The molecule has 3 nitrogen and oxygen atoms in total. The summed E-state index contributed by atoms with van der Waals surface area (Å²) in [5.74, 6) is 0.916. The van der Waals surface area contributed by atoms with Crippen LogP contribution in [0.15, 0.2) is 16.6 Å². The van der Waals surface area contributed by atoms with Crippen LogP contribution in [-0.2, 0) is 17.8 Å². The van der Waals surface area contributed by atoms with Gasteiger partial charge >= 0.3 is 0 Å². The third-order valence-electron chi connectivity index (χ3n) is 2.21. The number of halogens is 1. The minimum Gasteiger partial charge on any atom is -0.496 e. The molecule has 0 heterocycles. The molecule has 0 spiro atoms. The number of nitrogens with one attached hydrogen (secondary N) is 1. The molecule has 0 fully saturated rings. The van der Waals surface area contributed by atoms with Crippen molar-refractivity contribution < 1.29 is 9.57 Å². The number of methoxy groups -OCH3 is 1. The van der Waals surface area contributed by atoms with E-state index in [4.69, 9.17) is 9.57 Å². The van der Waals surface area contributed by atoms with Crippen LogP contribution in [0.2, 0.25) is 0 Å². The van der Waals surface area contributed by atoms with E-state index in [1.807, 2.05) is 6.07 Å². The van der Waals surface area contributed by atoms with E-state index < -0.39 is 0 Å². The number of hydrogen-bond acceptors (Lipinski definition) is 3. The highest BCUT2D eigenvalue weighted by atomic mass is 79.9. The number of ether oxygens (including phenoxy) is 1. The molecule has 0 unspecified atom stereocenters. The molecule has 0 aliphatic carbocycles. The molecule has 0 radical (unpaired) electrons. The van der Waals surface area contributed by atoms with Crippen LogP contribution in [-0.4, -0.2) is 14.2 Å². The molecule has 0 aliphatic rings. The number of benzene rings is 1. The van der Waals surface area contributed by atoms with E-state index in [9.17, 15) is 0 Å². The predicted molar refractivity (Wildman–Crippen MR) is 63.9 cm³/mol. The van der Waals surface area contributed by atoms with Gasteiger partial charge in [-0.15, -0.1) is 0 Å². The van der Waals surface area contributed by atoms with E-state index in [2.05, 4.69) is 34.4 Å². The van der Waals surface area contributed by atoms with Crippen molar-refractivity contribution in [2.24, 2.45) is 0 Å². The second-order valence-electron chi connectivity index (χ2n) is 3.14. The summed E-state index contributed by atoms with van der Waals surface area (Å²) >= 11 is 3.54. The third-order valence-corrected chi connectivity index (χ3v) is 2.92. The molecule has 0 amide bonds. The fourth-order valence-corrected chi connectivity index (χ4v) is 2.22. The quantitative estimate of drug-likeness (QED) is 0.837. The molecule has 0 saturated heterocycles. The molecule has 0 saturated carbocycles. The average Bonchev–Trinajstić information content (AvgIpc) is 2.25. The molecule has 1 N–H and O–H groups in total. The fraction of sp³-hybridized carbons (Fsp3) is 0.455. The lowest BCUT2D eigenvalue weighted by Gasteiger charge is -2.12. The van der Waals surface area contributed by atoms with Crippen molar-refractivity contribution in [1.82, 2.24) is 5.48 Å². The topological polar surface area (TPSA) is 30.5 Å². The number of rotatable bonds is 5. The summed E-state index contributed by atoms with van der Waals surface area (Å²) in [5.41, 5.74) is 5.12. The van der Waals surface area contributed by atoms with Crippen LogP contribution in [0.4, 0.5) is 0 Å². The highest BCUT2D eigenvalue weighted by Gasteiger charge is 2.07. The van der Waals surface area contributed by atoms with Crippen molar-refractivity contribution in [2.45, 2.75) is 19.9 Å². The van der Waals surface area contributed by atoms with Crippen LogP contribution in [0, 0.1) is 0 Å². The van der Waals surface area contributed by atoms with Crippen molar-refractivity contribution in [3.05, 3.63) is 27.7 Å². The first-order chi connectivity index (χ1) is 7.22. The van der Waals surface area contributed by atoms with Crippen LogP contribution < -0.4 is 10.2 Å². The Kier molecular flexibility index (Phi) is 5.08. The van der Waals surface area contributed by atoms with Gasteiger partial charge in [-0.2, -0.15) is 5.48 Å². The van der Waals surface area contributed by atoms with Gasteiger partial charge in [0.25, 0.3) is 0 Å². The highest BCUT2D eigenvalue weighted by molar-refractivity contribution is 9.10. The van der Waals surface area contributed by atoms with Gasteiger partial charge < -0.3 is 9.57 Å². The predicted octanol–water partition coefficient (Wildman–Crippen LogP) is 2.67. The Morgan fingerprint density at radius 2 is 2.07 bits per heavy atom. The zero-order chi connectivity index (χ0) is 11.3. The zero-order valence-electron chi connectivity index (χ0n) is 9.26. The van der Waals surface area contributed by atoms with E-state index >= 15 is 0 Å². The van der Waals surface area contributed by atoms with E-state index in [-0.39, 0.29) is 0 Å². The minimum atomic E-state index is 0.662. The number of hydroxylamine groups is 1. The lowest BCUT2D eigenvalue weighted by molar-refractivity contribution is 0.0866. The van der Waals surface area contributed by atoms with Gasteiger partial charge in [-0.25, -0.2) is 0 Å². The zero-order valence-corrected chi connectivity index (χ0v) is 10.8. The smallest absolute Gasteiger partial charge is 0.123 e. The molecule has 0 atom stereocenters. The van der Waals surface area contributed by atoms with Crippen LogP contribution in [0.5, 0.6) is 5.75 Å². The van der Waals surface area contributed by atoms with Gasteiger partial charge in [-0.05, 0) is 24.1 Å². The van der Waals surface area contributed by atoms with E-state index in [0.717, 1.165) is 22.2 Å². The molecule has 0 aliphatic heterocycles. The largest absolute Gasteiger partial charge is 0.496 e. The first-order valence-electron chi connectivity index (χ1n) is 4.84. The molecular weight excluding hydrogens is 258 g/mol. The average molecular weight is 274 g/mol. The Bertz CT molecular complexity index is 329. The second-order valence-corrected chi connectivity index (χ2v) is 3.99. The molecule has 15 heavy (non-hydrogen) atoms. The highest BCUT2D eigenvalue weighted by Crippen LogP contribution is 2.29. The standard InChI is InChI=1S/C11H16BrNO2/c1-4-9-10(12)5-8(7-13-15-3)6-11(9)14-2/h5-6,13H,4,7H2,1-3H3. The molecule has 1 aromatic rings. The van der Waals surface area contributed by atoms with Gasteiger partial charge in [0, 0.05) is 16.6 Å². The Morgan fingerprint density at radius 3 is 2.60 bits per heavy atom. The SMILES string of the molecule is CCc1c(Br)cc(CNOC)cc1OC. The first kappa shape index (κ1) is 12.5. The van der Waals surface area contributed by atoms with Crippen LogP contribution in [0.3, 0.4) is 0 Å². The summed E-state index contributed by atoms with van der Waals surface area (Å²) in [7, 11) is 3.29. The van der Waals surface area contributed by atoms with Gasteiger partial charge in [-0.1, -0.05) is 22.9 Å². The van der Waals surface area contributed by atoms with Crippen LogP contribution in [0.1, 0.15) is 18.1 Å². The van der Waals surface area contributed by atoms with Gasteiger partial charge in [0.2, 0.25) is 0 Å². The van der Waals surface area contributed by atoms with Crippen molar-refractivity contribution in [2.75, 3.05) is 14.2 Å². The first-order valence-corrected chi connectivity index (χ1v) is 5.63. The maximum atomic E-state index is 5.34. The maximum absolute atomic E-state index is 5.34. The summed E-state index contributed by atoms with van der Waals surface area (Å²) < 4.78 is 6.42. The molecule has 84 valence electrons. The maximum Gasteiger partial charge on any atom is 0.123 e. The van der Waals surface area contributed by atoms with Crippen LogP contribution in [0.25, 0.3) is 0 Å². The van der Waals surface area contributed by atoms with Crippen LogP contribution >= 0.6 is 15.9 Å². The minimum absolute atomic E-state index is 0.662.